The van der Waals surface area contributed by atoms with E-state index in [1.54, 1.807) is 30.3 Å². The van der Waals surface area contributed by atoms with Gasteiger partial charge in [-0.05, 0) is 12.1 Å². The molecule has 1 aromatic heterocycles. The van der Waals surface area contributed by atoms with Gasteiger partial charge in [-0.15, -0.1) is 0 Å². The molecule has 0 bridgehead atoms. The Hall–Kier alpha value is -2.35. The number of hydrogen-bond acceptors (Lipinski definition) is 6. The quantitative estimate of drug-likeness (QED) is 0.618. The molecule has 0 aliphatic carbocycles. The van der Waals surface area contributed by atoms with Gasteiger partial charge in [-0.2, -0.15) is 18.2 Å². The second-order valence-electron chi connectivity index (χ2n) is 3.89. The fraction of sp³-hybridized carbons (Fsp3) is 0.167. The van der Waals surface area contributed by atoms with Crippen LogP contribution in [0.25, 0.3) is 5.69 Å². The summed E-state index contributed by atoms with van der Waals surface area (Å²) in [4.78, 5) is 11.5. The smallest absolute Gasteiger partial charge is 0.358 e. The van der Waals surface area contributed by atoms with Gasteiger partial charge in [-0.3, -0.25) is 0 Å². The highest BCUT2D eigenvalue weighted by Gasteiger charge is 2.19. The Kier molecular flexibility index (Phi) is 3.75. The summed E-state index contributed by atoms with van der Waals surface area (Å²) in [5, 5.41) is 3.99. The third-order valence-corrected chi connectivity index (χ3v) is 2.78. The Bertz CT molecular complexity index is 722. The number of carbonyl (C=O) groups is 1. The lowest BCUT2D eigenvalue weighted by molar-refractivity contribution is 0.0593. The number of methoxy groups -OCH3 is 1. The number of carbonyl (C=O) groups excluding carboxylic acids is 1. The van der Waals surface area contributed by atoms with Crippen molar-refractivity contribution in [3.05, 3.63) is 42.1 Å². The van der Waals surface area contributed by atoms with Crippen LogP contribution in [-0.4, -0.2) is 37.5 Å². The zero-order valence-electron chi connectivity index (χ0n) is 10.8. The molecule has 0 atom stereocenters. The van der Waals surface area contributed by atoms with Crippen LogP contribution in [0.15, 0.2) is 36.4 Å². The third kappa shape index (κ3) is 3.15. The van der Waals surface area contributed by atoms with E-state index in [1.807, 2.05) is 0 Å². The van der Waals surface area contributed by atoms with Crippen LogP contribution in [0.3, 0.4) is 0 Å². The molecule has 0 aliphatic heterocycles. The standard InChI is InChI=1S/C12H12N2O5S/c1-18-12(15)10-8-11(19-20(2,16)17)14(13-10)9-6-4-3-5-7-9/h3-8H,1-2H3. The van der Waals surface area contributed by atoms with Crippen LogP contribution in [0.1, 0.15) is 10.5 Å². The fourth-order valence-electron chi connectivity index (χ4n) is 1.54. The summed E-state index contributed by atoms with van der Waals surface area (Å²) in [5.74, 6) is -0.767. The monoisotopic (exact) mass is 296 g/mol. The number of para-hydroxylation sites is 1. The van der Waals surface area contributed by atoms with Crippen molar-refractivity contribution in [2.75, 3.05) is 13.4 Å². The van der Waals surface area contributed by atoms with Crippen LogP contribution in [0.5, 0.6) is 5.88 Å². The predicted octanol–water partition coefficient (Wildman–Crippen LogP) is 0.997. The number of benzene rings is 1. The van der Waals surface area contributed by atoms with Crippen molar-refractivity contribution >= 4 is 16.1 Å². The Labute approximate surface area is 115 Å². The number of rotatable bonds is 4. The van der Waals surface area contributed by atoms with Crippen molar-refractivity contribution < 1.29 is 22.1 Å². The molecule has 0 fully saturated rings. The molecule has 7 nitrogen and oxygen atoms in total. The normalized spacial score (nSPS) is 11.1. The van der Waals surface area contributed by atoms with E-state index in [0.29, 0.717) is 5.69 Å². The van der Waals surface area contributed by atoms with Gasteiger partial charge >= 0.3 is 16.1 Å². The summed E-state index contributed by atoms with van der Waals surface area (Å²) in [6, 6.07) is 9.90. The summed E-state index contributed by atoms with van der Waals surface area (Å²) < 4.78 is 33.1. The molecule has 0 saturated carbocycles. The van der Waals surface area contributed by atoms with Crippen LogP contribution in [0.4, 0.5) is 0 Å². The van der Waals surface area contributed by atoms with E-state index >= 15 is 0 Å². The molecule has 0 radical (unpaired) electrons. The van der Waals surface area contributed by atoms with E-state index in [2.05, 4.69) is 9.84 Å². The first kappa shape index (κ1) is 14.1. The lowest BCUT2D eigenvalue weighted by Crippen LogP contribution is -2.10. The molecule has 1 heterocycles. The van der Waals surface area contributed by atoms with Gasteiger partial charge in [0.25, 0.3) is 0 Å². The van der Waals surface area contributed by atoms with Crippen LogP contribution in [0, 0.1) is 0 Å². The van der Waals surface area contributed by atoms with Gasteiger partial charge in [-0.25, -0.2) is 4.79 Å². The first-order valence-corrected chi connectivity index (χ1v) is 7.35. The van der Waals surface area contributed by atoms with Gasteiger partial charge in [0.1, 0.15) is 0 Å². The second-order valence-corrected chi connectivity index (χ2v) is 5.47. The first-order chi connectivity index (χ1) is 9.40. The lowest BCUT2D eigenvalue weighted by Gasteiger charge is -2.06. The Morgan fingerprint density at radius 3 is 2.45 bits per heavy atom. The van der Waals surface area contributed by atoms with Gasteiger partial charge in [0.2, 0.25) is 5.88 Å². The summed E-state index contributed by atoms with van der Waals surface area (Å²) in [6.07, 6.45) is 0.910. The summed E-state index contributed by atoms with van der Waals surface area (Å²) in [7, 11) is -2.53. The predicted molar refractivity (Wildman–Crippen MR) is 70.4 cm³/mol. The molecule has 8 heteroatoms. The van der Waals surface area contributed by atoms with Crippen molar-refractivity contribution in [3.63, 3.8) is 0 Å². The number of hydrogen-bond donors (Lipinski definition) is 0. The van der Waals surface area contributed by atoms with E-state index in [-0.39, 0.29) is 11.6 Å². The second kappa shape index (κ2) is 5.33. The maximum Gasteiger partial charge on any atom is 0.358 e. The highest BCUT2D eigenvalue weighted by atomic mass is 32.2. The molecule has 106 valence electrons. The summed E-state index contributed by atoms with van der Waals surface area (Å²) in [5.41, 5.74) is 0.510. The zero-order chi connectivity index (χ0) is 14.8. The molecular formula is C12H12N2O5S. The molecule has 0 spiro atoms. The average Bonchev–Trinajstić information content (AvgIpc) is 2.80. The average molecular weight is 296 g/mol. The van der Waals surface area contributed by atoms with Crippen LogP contribution >= 0.6 is 0 Å². The first-order valence-electron chi connectivity index (χ1n) is 5.54. The topological polar surface area (TPSA) is 87.5 Å². The fourth-order valence-corrected chi connectivity index (χ4v) is 1.97. The van der Waals surface area contributed by atoms with E-state index in [1.165, 1.54) is 17.9 Å². The van der Waals surface area contributed by atoms with Crippen molar-refractivity contribution in [1.82, 2.24) is 9.78 Å². The van der Waals surface area contributed by atoms with E-state index in [0.717, 1.165) is 6.26 Å². The van der Waals surface area contributed by atoms with Crippen LogP contribution < -0.4 is 4.18 Å². The molecule has 0 unspecified atom stereocenters. The minimum Gasteiger partial charge on any atom is -0.464 e. The molecule has 0 N–H and O–H groups in total. The van der Waals surface area contributed by atoms with Gasteiger partial charge in [-0.1, -0.05) is 18.2 Å². The van der Waals surface area contributed by atoms with E-state index in [9.17, 15) is 13.2 Å². The molecule has 1 aromatic carbocycles. The lowest BCUT2D eigenvalue weighted by atomic mass is 10.3. The highest BCUT2D eigenvalue weighted by Crippen LogP contribution is 2.21. The summed E-state index contributed by atoms with van der Waals surface area (Å²) >= 11 is 0. The minimum atomic E-state index is -3.74. The molecule has 0 amide bonds. The third-order valence-electron chi connectivity index (χ3n) is 2.31. The number of aromatic nitrogens is 2. The van der Waals surface area contributed by atoms with Gasteiger partial charge in [0.15, 0.2) is 5.69 Å². The molecule has 2 rings (SSSR count). The maximum absolute atomic E-state index is 11.5. The SMILES string of the molecule is COC(=O)c1cc(OS(C)(=O)=O)n(-c2ccccc2)n1. The molecule has 2 aromatic rings. The van der Waals surface area contributed by atoms with Gasteiger partial charge < -0.3 is 8.92 Å². The molecule has 20 heavy (non-hydrogen) atoms. The van der Waals surface area contributed by atoms with Gasteiger partial charge in [0.05, 0.1) is 19.1 Å². The number of esters is 1. The minimum absolute atomic E-state index is 0.0463. The van der Waals surface area contributed by atoms with Crippen molar-refractivity contribution in [3.8, 4) is 11.6 Å². The Morgan fingerprint density at radius 1 is 1.25 bits per heavy atom. The Balaban J connectivity index is 2.53. The zero-order valence-corrected chi connectivity index (χ0v) is 11.6. The molecule has 0 aliphatic rings. The largest absolute Gasteiger partial charge is 0.464 e. The highest BCUT2D eigenvalue weighted by molar-refractivity contribution is 7.86. The van der Waals surface area contributed by atoms with E-state index < -0.39 is 16.1 Å². The van der Waals surface area contributed by atoms with Crippen molar-refractivity contribution in [2.24, 2.45) is 0 Å². The summed E-state index contributed by atoms with van der Waals surface area (Å²) in [6.45, 7) is 0. The molecular weight excluding hydrogens is 284 g/mol. The molecule has 0 saturated heterocycles. The van der Waals surface area contributed by atoms with Crippen molar-refractivity contribution in [1.29, 1.82) is 0 Å². The van der Waals surface area contributed by atoms with E-state index in [4.69, 9.17) is 4.18 Å². The van der Waals surface area contributed by atoms with Crippen molar-refractivity contribution in [2.45, 2.75) is 0 Å². The van der Waals surface area contributed by atoms with Crippen LogP contribution in [0.2, 0.25) is 0 Å². The number of nitrogens with zero attached hydrogens (tertiary/aromatic N) is 2. The van der Waals surface area contributed by atoms with Crippen LogP contribution in [-0.2, 0) is 14.9 Å². The number of ether oxygens (including phenoxy) is 1. The van der Waals surface area contributed by atoms with Gasteiger partial charge in [0, 0.05) is 6.07 Å². The maximum atomic E-state index is 11.5. The Morgan fingerprint density at radius 2 is 1.90 bits per heavy atom.